The van der Waals surface area contributed by atoms with Gasteiger partial charge in [0, 0.05) is 24.8 Å². The van der Waals surface area contributed by atoms with Crippen molar-refractivity contribution < 1.29 is 34.8 Å². The summed E-state index contributed by atoms with van der Waals surface area (Å²) < 4.78 is 0. The summed E-state index contributed by atoms with van der Waals surface area (Å²) >= 11 is -0.931. The number of carbonyl (C=O) groups is 3. The van der Waals surface area contributed by atoms with Crippen molar-refractivity contribution in [1.82, 2.24) is 0 Å². The summed E-state index contributed by atoms with van der Waals surface area (Å²) in [6.45, 7) is 0. The van der Waals surface area contributed by atoms with E-state index in [1.807, 2.05) is 0 Å². The Balaban J connectivity index is -0.000000440. The fourth-order valence-electron chi connectivity index (χ4n) is 0.684. The summed E-state index contributed by atoms with van der Waals surface area (Å²) in [5, 5.41) is 38.9. The van der Waals surface area contributed by atoms with Crippen LogP contribution in [0.1, 0.15) is 12.8 Å². The summed E-state index contributed by atoms with van der Waals surface area (Å²) in [4.78, 5) is 30.0. The van der Waals surface area contributed by atoms with Gasteiger partial charge in [-0.2, -0.15) is 0 Å². The summed E-state index contributed by atoms with van der Waals surface area (Å²) in [5.74, 6) is -5.98. The van der Waals surface area contributed by atoms with Gasteiger partial charge in [-0.25, -0.2) is 0 Å². The Morgan fingerprint density at radius 3 is 1.41 bits per heavy atom. The molecule has 11 heteroatoms. The third kappa shape index (κ3) is 13.0. The number of carboxylic acids is 3. The van der Waals surface area contributed by atoms with Crippen LogP contribution in [0.15, 0.2) is 0 Å². The van der Waals surface area contributed by atoms with Gasteiger partial charge < -0.3 is 34.8 Å². The molecule has 0 aromatic rings. The third-order valence-corrected chi connectivity index (χ3v) is 1.25. The van der Waals surface area contributed by atoms with Crippen LogP contribution in [0.3, 0.4) is 0 Å². The molecule has 0 aliphatic heterocycles. The minimum atomic E-state index is -2.97. The molecule has 0 amide bonds. The van der Waals surface area contributed by atoms with Crippen molar-refractivity contribution in [2.75, 3.05) is 0 Å². The molecule has 0 rings (SSSR count). The van der Waals surface area contributed by atoms with E-state index in [1.54, 1.807) is 0 Å². The molecule has 0 bridgehead atoms. The Morgan fingerprint density at radius 2 is 1.29 bits per heavy atom. The number of aliphatic hydroxyl groups is 1. The van der Waals surface area contributed by atoms with E-state index in [0.29, 0.717) is 0 Å². The van der Waals surface area contributed by atoms with Crippen LogP contribution < -0.4 is 15.3 Å². The van der Waals surface area contributed by atoms with Gasteiger partial charge in [-0.05, 0) is 0 Å². The van der Waals surface area contributed by atoms with Crippen LogP contribution in [-0.4, -0.2) is 76.8 Å². The monoisotopic (exact) mass is 326 g/mol. The summed E-state index contributed by atoms with van der Waals surface area (Å²) in [7, 11) is 0. The molecular formula is C6H5AlCaCl2O7. The third-order valence-electron chi connectivity index (χ3n) is 1.25. The van der Waals surface area contributed by atoms with E-state index in [-0.39, 0.29) is 17.4 Å². The number of hydrogen-bond donors (Lipinski definition) is 1. The Kier molecular flexibility index (Phi) is 15.9. The molecule has 0 aromatic heterocycles. The zero-order valence-corrected chi connectivity index (χ0v) is 13.2. The van der Waals surface area contributed by atoms with Crippen LogP contribution in [0.2, 0.25) is 0 Å². The van der Waals surface area contributed by atoms with Crippen LogP contribution in [0.4, 0.5) is 0 Å². The molecule has 0 saturated carbocycles. The zero-order valence-electron chi connectivity index (χ0n) is 8.35. The van der Waals surface area contributed by atoms with Crippen LogP contribution in [0.25, 0.3) is 0 Å². The average molecular weight is 327 g/mol. The minimum absolute atomic E-state index is 0. The molecule has 0 heterocycles. The fraction of sp³-hybridized carbons (Fsp3) is 0.500. The van der Waals surface area contributed by atoms with E-state index >= 15 is 0 Å². The van der Waals surface area contributed by atoms with Gasteiger partial charge in [0.1, 0.15) is 5.60 Å². The van der Waals surface area contributed by atoms with Crippen molar-refractivity contribution in [3.05, 3.63) is 0 Å². The molecule has 0 radical (unpaired) electrons. The second kappa shape index (κ2) is 11.8. The molecule has 0 saturated heterocycles. The van der Waals surface area contributed by atoms with Crippen LogP contribution in [-0.2, 0) is 14.4 Å². The van der Waals surface area contributed by atoms with Gasteiger partial charge in [-0.1, -0.05) is 0 Å². The van der Waals surface area contributed by atoms with Crippen molar-refractivity contribution in [2.24, 2.45) is 0 Å². The molecule has 7 nitrogen and oxygen atoms in total. The predicted molar refractivity (Wildman–Crippen MR) is 52.4 cm³/mol. The topological polar surface area (TPSA) is 141 Å². The van der Waals surface area contributed by atoms with Crippen molar-refractivity contribution in [1.29, 1.82) is 0 Å². The molecule has 0 fully saturated rings. The van der Waals surface area contributed by atoms with Crippen molar-refractivity contribution in [2.45, 2.75) is 18.4 Å². The number of carboxylic acid groups (broad SMARTS) is 3. The van der Waals surface area contributed by atoms with Crippen molar-refractivity contribution in [3.8, 4) is 0 Å². The predicted octanol–water partition coefficient (Wildman–Crippen LogP) is -4.64. The van der Waals surface area contributed by atoms with Crippen LogP contribution in [0.5, 0.6) is 0 Å². The van der Waals surface area contributed by atoms with E-state index in [2.05, 4.69) is 0 Å². The van der Waals surface area contributed by atoms with Gasteiger partial charge in [0.05, 0.1) is 5.97 Å². The van der Waals surface area contributed by atoms with Crippen molar-refractivity contribution >= 4 is 78.9 Å². The number of aliphatic carboxylic acids is 3. The van der Waals surface area contributed by atoms with Gasteiger partial charge in [0.15, 0.2) is 0 Å². The molecule has 0 aliphatic rings. The molecule has 0 unspecified atom stereocenters. The molecular weight excluding hydrogens is 322 g/mol. The first-order valence-electron chi connectivity index (χ1n) is 3.65. The van der Waals surface area contributed by atoms with E-state index < -0.39 is 67.2 Å². The SMILES string of the molecule is O=C([O-])CC(O)(CC(=O)[O-])C(=O)[O-].[Al+3].[Cl][Ca][Cl]. The number of halogens is 2. The van der Waals surface area contributed by atoms with Gasteiger partial charge in [-0.3, -0.25) is 0 Å². The first-order valence-corrected chi connectivity index (χ1v) is 9.72. The van der Waals surface area contributed by atoms with E-state index in [9.17, 15) is 29.7 Å². The second-order valence-corrected chi connectivity index (χ2v) is 6.17. The van der Waals surface area contributed by atoms with Gasteiger partial charge in [0.2, 0.25) is 0 Å². The molecule has 1 N–H and O–H groups in total. The first kappa shape index (κ1) is 22.9. The number of rotatable bonds is 5. The second-order valence-electron chi connectivity index (χ2n) is 2.52. The fourth-order valence-corrected chi connectivity index (χ4v) is 0.684. The molecule has 0 spiro atoms. The van der Waals surface area contributed by atoms with E-state index in [4.69, 9.17) is 17.9 Å². The van der Waals surface area contributed by atoms with Crippen molar-refractivity contribution in [3.63, 3.8) is 0 Å². The molecule has 90 valence electrons. The zero-order chi connectivity index (χ0) is 13.4. The molecule has 0 aliphatic carbocycles. The van der Waals surface area contributed by atoms with Crippen LogP contribution >= 0.6 is 12.8 Å². The van der Waals surface area contributed by atoms with Crippen LogP contribution in [0, 0.1) is 0 Å². The van der Waals surface area contributed by atoms with E-state index in [1.165, 1.54) is 0 Å². The Labute approximate surface area is 131 Å². The summed E-state index contributed by atoms with van der Waals surface area (Å²) in [5.41, 5.74) is -2.97. The van der Waals surface area contributed by atoms with Gasteiger partial charge in [0.25, 0.3) is 0 Å². The van der Waals surface area contributed by atoms with Gasteiger partial charge in [-0.15, -0.1) is 0 Å². The first-order chi connectivity index (χ1) is 7.19. The standard InChI is InChI=1S/C6H8O7.Al.Ca.2ClH/c7-3(8)1-6(13,5(11)12)2-4(9)10;;;;/h13H,1-2H2,(H,7,8)(H,9,10)(H,11,12);;;2*1H/q;+3;+2;;/p-5. The molecule has 0 atom stereocenters. The average Bonchev–Trinajstić information content (AvgIpc) is 2.01. The maximum absolute atomic E-state index is 10.1. The van der Waals surface area contributed by atoms with E-state index in [0.717, 1.165) is 0 Å². The summed E-state index contributed by atoms with van der Waals surface area (Å²) in [6.07, 6.45) is 7.19. The Hall–Kier alpha value is 0.742. The Bertz CT molecular complexity index is 259. The molecule has 0 aromatic carbocycles. The number of carbonyl (C=O) groups excluding carboxylic acids is 3. The number of hydrogen-bond acceptors (Lipinski definition) is 7. The Morgan fingerprint density at radius 1 is 1.06 bits per heavy atom. The quantitative estimate of drug-likeness (QED) is 0.501. The maximum atomic E-state index is 10.1. The summed E-state index contributed by atoms with van der Waals surface area (Å²) in [6, 6.07) is 0. The van der Waals surface area contributed by atoms with Gasteiger partial charge >= 0.3 is 61.0 Å². The normalized spacial score (nSPS) is 8.88. The molecule has 17 heavy (non-hydrogen) atoms.